The van der Waals surface area contributed by atoms with Crippen LogP contribution in [0, 0.1) is 5.82 Å². The van der Waals surface area contributed by atoms with E-state index in [-0.39, 0.29) is 10.6 Å². The number of sulfonamides is 1. The zero-order chi connectivity index (χ0) is 17.2. The highest BCUT2D eigenvalue weighted by Gasteiger charge is 2.32. The smallest absolute Gasteiger partial charge is 0.246 e. The van der Waals surface area contributed by atoms with Crippen LogP contribution in [0.4, 0.5) is 4.39 Å². The highest BCUT2D eigenvalue weighted by molar-refractivity contribution is 7.99. The lowest BCUT2D eigenvalue weighted by Crippen LogP contribution is -2.39. The molecular weight excluding hydrogens is 351 g/mol. The van der Waals surface area contributed by atoms with Crippen molar-refractivity contribution in [1.29, 1.82) is 0 Å². The van der Waals surface area contributed by atoms with E-state index in [0.717, 1.165) is 31.3 Å². The monoisotopic (exact) mass is 374 g/mol. The van der Waals surface area contributed by atoms with Crippen molar-refractivity contribution in [2.45, 2.75) is 23.8 Å². The molecule has 0 bridgehead atoms. The molecule has 5 nitrogen and oxygen atoms in total. The molecule has 1 aromatic carbocycles. The maximum atomic E-state index is 13.6. The molecule has 0 aromatic heterocycles. The third-order valence-electron chi connectivity index (χ3n) is 4.66. The van der Waals surface area contributed by atoms with Crippen LogP contribution in [0.15, 0.2) is 23.1 Å². The van der Waals surface area contributed by atoms with Gasteiger partial charge in [-0.1, -0.05) is 0 Å². The van der Waals surface area contributed by atoms with Gasteiger partial charge in [0, 0.05) is 31.4 Å². The van der Waals surface area contributed by atoms with E-state index in [4.69, 9.17) is 4.74 Å². The van der Waals surface area contributed by atoms with Gasteiger partial charge in [-0.25, -0.2) is 12.8 Å². The zero-order valence-corrected chi connectivity index (χ0v) is 15.4. The third-order valence-corrected chi connectivity index (χ3v) is 7.72. The Morgan fingerprint density at radius 3 is 2.79 bits per heavy atom. The molecule has 0 radical (unpaired) electrons. The summed E-state index contributed by atoms with van der Waals surface area (Å²) in [5, 5.41) is 0. The van der Waals surface area contributed by atoms with E-state index in [2.05, 4.69) is 4.90 Å². The van der Waals surface area contributed by atoms with Gasteiger partial charge in [-0.3, -0.25) is 4.90 Å². The molecule has 0 aliphatic carbocycles. The second kappa shape index (κ2) is 7.59. The van der Waals surface area contributed by atoms with E-state index in [1.807, 2.05) is 11.8 Å². The number of benzene rings is 1. The molecule has 1 unspecified atom stereocenters. The van der Waals surface area contributed by atoms with Crippen molar-refractivity contribution in [1.82, 2.24) is 9.21 Å². The minimum Gasteiger partial charge on any atom is -0.495 e. The van der Waals surface area contributed by atoms with E-state index < -0.39 is 15.8 Å². The van der Waals surface area contributed by atoms with Crippen LogP contribution in [0.25, 0.3) is 0 Å². The molecule has 0 amide bonds. The first-order valence-electron chi connectivity index (χ1n) is 8.18. The Labute approximate surface area is 147 Å². The van der Waals surface area contributed by atoms with Gasteiger partial charge in [0.25, 0.3) is 0 Å². The number of hydrogen-bond donors (Lipinski definition) is 0. The van der Waals surface area contributed by atoms with E-state index in [0.29, 0.717) is 19.1 Å². The fourth-order valence-corrected chi connectivity index (χ4v) is 6.21. The summed E-state index contributed by atoms with van der Waals surface area (Å²) in [6, 6.07) is 4.17. The summed E-state index contributed by atoms with van der Waals surface area (Å²) in [7, 11) is -2.36. The molecule has 0 saturated carbocycles. The lowest BCUT2D eigenvalue weighted by Gasteiger charge is -2.26. The van der Waals surface area contributed by atoms with Crippen molar-refractivity contribution in [3.8, 4) is 5.75 Å². The molecule has 0 spiro atoms. The first kappa shape index (κ1) is 18.0. The molecule has 1 aromatic rings. The van der Waals surface area contributed by atoms with Crippen LogP contribution in [0.5, 0.6) is 5.75 Å². The number of thioether (sulfide) groups is 1. The Kier molecular flexibility index (Phi) is 5.69. The maximum Gasteiger partial charge on any atom is 0.246 e. The SMILES string of the molecule is COc1ccc(F)cc1S(=O)(=O)N1CCCN(C2CCSC2)CC1. The van der Waals surface area contributed by atoms with Gasteiger partial charge < -0.3 is 4.74 Å². The van der Waals surface area contributed by atoms with Gasteiger partial charge in [-0.2, -0.15) is 16.1 Å². The highest BCUT2D eigenvalue weighted by atomic mass is 32.2. The predicted molar refractivity (Wildman–Crippen MR) is 93.6 cm³/mol. The fourth-order valence-electron chi connectivity index (χ4n) is 3.32. The van der Waals surface area contributed by atoms with Gasteiger partial charge in [0.15, 0.2) is 0 Å². The summed E-state index contributed by atoms with van der Waals surface area (Å²) >= 11 is 1.96. The Morgan fingerprint density at radius 2 is 2.08 bits per heavy atom. The quantitative estimate of drug-likeness (QED) is 0.807. The molecule has 3 rings (SSSR count). The van der Waals surface area contributed by atoms with Gasteiger partial charge in [0.1, 0.15) is 16.5 Å². The molecule has 24 heavy (non-hydrogen) atoms. The standard InChI is InChI=1S/C16H23FN2O3S2/c1-22-15-4-3-13(17)11-16(15)24(20,21)19-7-2-6-18(8-9-19)14-5-10-23-12-14/h3-4,11,14H,2,5-10,12H2,1H3. The molecule has 2 heterocycles. The van der Waals surface area contributed by atoms with Crippen LogP contribution in [-0.2, 0) is 10.0 Å². The van der Waals surface area contributed by atoms with Gasteiger partial charge in [-0.05, 0) is 43.3 Å². The summed E-state index contributed by atoms with van der Waals surface area (Å²) < 4.78 is 46.1. The van der Waals surface area contributed by atoms with Crippen molar-refractivity contribution in [2.75, 3.05) is 44.8 Å². The Hall–Kier alpha value is -0.830. The minimum atomic E-state index is -3.76. The fraction of sp³-hybridized carbons (Fsp3) is 0.625. The van der Waals surface area contributed by atoms with Crippen molar-refractivity contribution in [3.05, 3.63) is 24.0 Å². The zero-order valence-electron chi connectivity index (χ0n) is 13.8. The minimum absolute atomic E-state index is 0.0881. The van der Waals surface area contributed by atoms with E-state index in [1.165, 1.54) is 35.7 Å². The average Bonchev–Trinajstić information content (AvgIpc) is 2.98. The molecule has 0 N–H and O–H groups in total. The second-order valence-corrected chi connectivity index (χ2v) is 9.16. The van der Waals surface area contributed by atoms with Gasteiger partial charge in [0.05, 0.1) is 7.11 Å². The average molecular weight is 375 g/mol. The summed E-state index contributed by atoms with van der Waals surface area (Å²) in [5.74, 6) is 1.92. The number of halogens is 1. The van der Waals surface area contributed by atoms with Gasteiger partial charge in [-0.15, -0.1) is 0 Å². The molecule has 1 atom stereocenters. The summed E-state index contributed by atoms with van der Waals surface area (Å²) in [6.07, 6.45) is 1.97. The summed E-state index contributed by atoms with van der Waals surface area (Å²) in [6.45, 7) is 2.53. The maximum absolute atomic E-state index is 13.6. The van der Waals surface area contributed by atoms with Crippen LogP contribution in [0.2, 0.25) is 0 Å². The first-order valence-corrected chi connectivity index (χ1v) is 10.8. The Bertz CT molecular complexity index is 678. The van der Waals surface area contributed by atoms with Crippen LogP contribution >= 0.6 is 11.8 Å². The molecular formula is C16H23FN2O3S2. The number of hydrogen-bond acceptors (Lipinski definition) is 5. The first-order chi connectivity index (χ1) is 11.5. The van der Waals surface area contributed by atoms with Crippen molar-refractivity contribution >= 4 is 21.8 Å². The van der Waals surface area contributed by atoms with Crippen LogP contribution in [0.3, 0.4) is 0 Å². The largest absolute Gasteiger partial charge is 0.495 e. The number of methoxy groups -OCH3 is 1. The van der Waals surface area contributed by atoms with Crippen LogP contribution < -0.4 is 4.74 Å². The number of rotatable bonds is 4. The summed E-state index contributed by atoms with van der Waals surface area (Å²) in [4.78, 5) is 2.31. The molecule has 2 fully saturated rings. The number of nitrogens with zero attached hydrogens (tertiary/aromatic N) is 2. The van der Waals surface area contributed by atoms with E-state index in [9.17, 15) is 12.8 Å². The van der Waals surface area contributed by atoms with E-state index in [1.54, 1.807) is 0 Å². The summed E-state index contributed by atoms with van der Waals surface area (Å²) in [5.41, 5.74) is 0. The van der Waals surface area contributed by atoms with Crippen LogP contribution in [-0.4, -0.2) is 68.5 Å². The number of ether oxygens (including phenoxy) is 1. The third kappa shape index (κ3) is 3.71. The van der Waals surface area contributed by atoms with E-state index >= 15 is 0 Å². The Balaban J connectivity index is 1.79. The van der Waals surface area contributed by atoms with Gasteiger partial charge >= 0.3 is 0 Å². The molecule has 2 saturated heterocycles. The van der Waals surface area contributed by atoms with Crippen molar-refractivity contribution < 1.29 is 17.5 Å². The van der Waals surface area contributed by atoms with Crippen molar-refractivity contribution in [2.24, 2.45) is 0 Å². The Morgan fingerprint density at radius 1 is 1.25 bits per heavy atom. The normalized spacial score (nSPS) is 24.0. The molecule has 8 heteroatoms. The molecule has 134 valence electrons. The van der Waals surface area contributed by atoms with Gasteiger partial charge in [0.2, 0.25) is 10.0 Å². The predicted octanol–water partition coefficient (Wildman–Crippen LogP) is 2.04. The second-order valence-electron chi connectivity index (χ2n) is 6.11. The lowest BCUT2D eigenvalue weighted by atomic mass is 10.2. The molecule has 2 aliphatic rings. The topological polar surface area (TPSA) is 49.9 Å². The lowest BCUT2D eigenvalue weighted by molar-refractivity contribution is 0.223. The highest BCUT2D eigenvalue weighted by Crippen LogP contribution is 2.29. The van der Waals surface area contributed by atoms with Crippen molar-refractivity contribution in [3.63, 3.8) is 0 Å². The van der Waals surface area contributed by atoms with Crippen LogP contribution in [0.1, 0.15) is 12.8 Å². The molecule has 2 aliphatic heterocycles.